The molecule has 0 aliphatic carbocycles. The Hall–Kier alpha value is -0.830. The van der Waals surface area contributed by atoms with Crippen molar-refractivity contribution in [2.45, 2.75) is 13.0 Å². The van der Waals surface area contributed by atoms with Gasteiger partial charge in [0.25, 0.3) is 0 Å². The number of hydrogen-bond donors (Lipinski definition) is 1. The maximum absolute atomic E-state index is 9.01. The van der Waals surface area contributed by atoms with E-state index in [2.05, 4.69) is 4.98 Å². The van der Waals surface area contributed by atoms with Gasteiger partial charge in [-0.25, -0.2) is 4.98 Å². The first-order valence-electron chi connectivity index (χ1n) is 2.87. The molecule has 50 valence electrons. The maximum Gasteiger partial charge on any atom is 0.137 e. The highest BCUT2D eigenvalue weighted by Crippen LogP contribution is 2.05. The summed E-state index contributed by atoms with van der Waals surface area (Å²) in [6.45, 7) is 1.70. The second-order valence-corrected chi connectivity index (χ2v) is 2.07. The molecule has 9 heavy (non-hydrogen) atoms. The van der Waals surface area contributed by atoms with Gasteiger partial charge in [0.1, 0.15) is 11.9 Å². The molecule has 0 saturated heterocycles. The minimum absolute atomic E-state index is 0.468. The van der Waals surface area contributed by atoms with Crippen molar-refractivity contribution in [1.29, 1.82) is 0 Å². The van der Waals surface area contributed by atoms with Gasteiger partial charge in [0.05, 0.1) is 0 Å². The number of nitrogens with zero attached hydrogens (tertiary/aromatic N) is 2. The largest absolute Gasteiger partial charge is 0.385 e. The number of aliphatic hydroxyl groups excluding tert-OH is 1. The number of aliphatic hydroxyl groups is 1. The fourth-order valence-corrected chi connectivity index (χ4v) is 0.780. The van der Waals surface area contributed by atoms with Crippen LogP contribution in [0.25, 0.3) is 0 Å². The van der Waals surface area contributed by atoms with Crippen LogP contribution in [0.15, 0.2) is 12.4 Å². The Bertz CT molecular complexity index is 193. The van der Waals surface area contributed by atoms with E-state index in [4.69, 9.17) is 5.11 Å². The van der Waals surface area contributed by atoms with Crippen LogP contribution in [0.1, 0.15) is 18.9 Å². The molecular formula is C6H10N2O. The van der Waals surface area contributed by atoms with Gasteiger partial charge in [0, 0.05) is 19.4 Å². The van der Waals surface area contributed by atoms with Crippen molar-refractivity contribution in [2.24, 2.45) is 7.05 Å². The Balaban J connectivity index is 2.94. The predicted molar refractivity (Wildman–Crippen MR) is 33.8 cm³/mol. The van der Waals surface area contributed by atoms with Crippen molar-refractivity contribution < 1.29 is 5.11 Å². The van der Waals surface area contributed by atoms with Crippen molar-refractivity contribution in [3.05, 3.63) is 18.2 Å². The highest BCUT2D eigenvalue weighted by molar-refractivity contribution is 4.93. The highest BCUT2D eigenvalue weighted by atomic mass is 16.3. The van der Waals surface area contributed by atoms with E-state index in [1.165, 1.54) is 0 Å². The summed E-state index contributed by atoms with van der Waals surface area (Å²) in [6, 6.07) is 0. The molecule has 3 nitrogen and oxygen atoms in total. The molecule has 1 aromatic heterocycles. The average molecular weight is 126 g/mol. The topological polar surface area (TPSA) is 38.1 Å². The van der Waals surface area contributed by atoms with Crippen LogP contribution in [-0.2, 0) is 7.05 Å². The molecule has 3 heteroatoms. The highest BCUT2D eigenvalue weighted by Gasteiger charge is 2.03. The third-order valence-electron chi connectivity index (χ3n) is 1.23. The van der Waals surface area contributed by atoms with Crippen LogP contribution in [-0.4, -0.2) is 14.7 Å². The quantitative estimate of drug-likeness (QED) is 0.594. The molecule has 1 aromatic rings. The Morgan fingerprint density at radius 1 is 1.78 bits per heavy atom. The van der Waals surface area contributed by atoms with Crippen LogP contribution in [0.2, 0.25) is 0 Å². The van der Waals surface area contributed by atoms with E-state index in [1.54, 1.807) is 17.7 Å². The Morgan fingerprint density at radius 3 is 2.67 bits per heavy atom. The zero-order valence-corrected chi connectivity index (χ0v) is 5.57. The molecule has 0 fully saturated rings. The number of imidazole rings is 1. The minimum Gasteiger partial charge on any atom is -0.385 e. The molecule has 1 atom stereocenters. The Kier molecular flexibility index (Phi) is 1.53. The molecule has 1 heterocycles. The van der Waals surface area contributed by atoms with Gasteiger partial charge in [-0.05, 0) is 6.92 Å². The fraction of sp³-hybridized carbons (Fsp3) is 0.500. The number of aromatic nitrogens is 2. The van der Waals surface area contributed by atoms with Gasteiger partial charge in [-0.1, -0.05) is 0 Å². The van der Waals surface area contributed by atoms with Gasteiger partial charge < -0.3 is 9.67 Å². The van der Waals surface area contributed by atoms with Crippen LogP contribution in [0.3, 0.4) is 0 Å². The molecule has 0 spiro atoms. The zero-order valence-electron chi connectivity index (χ0n) is 5.57. The third kappa shape index (κ3) is 1.10. The van der Waals surface area contributed by atoms with Crippen LogP contribution in [0.4, 0.5) is 0 Å². The van der Waals surface area contributed by atoms with Gasteiger partial charge in [0.2, 0.25) is 0 Å². The lowest BCUT2D eigenvalue weighted by molar-refractivity contribution is 0.185. The van der Waals surface area contributed by atoms with Crippen molar-refractivity contribution in [2.75, 3.05) is 0 Å². The molecular weight excluding hydrogens is 116 g/mol. The Morgan fingerprint density at radius 2 is 2.44 bits per heavy atom. The van der Waals surface area contributed by atoms with Gasteiger partial charge >= 0.3 is 0 Å². The smallest absolute Gasteiger partial charge is 0.137 e. The SMILES string of the molecule is C[C@H](O)c1nccn1C. The first-order valence-corrected chi connectivity index (χ1v) is 2.87. The van der Waals surface area contributed by atoms with Gasteiger partial charge in [-0.15, -0.1) is 0 Å². The van der Waals surface area contributed by atoms with E-state index in [-0.39, 0.29) is 0 Å². The molecule has 0 aliphatic heterocycles. The summed E-state index contributed by atoms with van der Waals surface area (Å²) in [5.41, 5.74) is 0. The van der Waals surface area contributed by atoms with Crippen LogP contribution in [0.5, 0.6) is 0 Å². The van der Waals surface area contributed by atoms with Gasteiger partial charge in [0.15, 0.2) is 0 Å². The molecule has 1 rings (SSSR count). The number of hydrogen-bond acceptors (Lipinski definition) is 2. The zero-order chi connectivity index (χ0) is 6.85. The van der Waals surface area contributed by atoms with Crippen molar-refractivity contribution in [1.82, 2.24) is 9.55 Å². The molecule has 0 unspecified atom stereocenters. The van der Waals surface area contributed by atoms with Gasteiger partial charge in [-0.2, -0.15) is 0 Å². The first-order chi connectivity index (χ1) is 4.22. The molecule has 0 aromatic carbocycles. The standard InChI is InChI=1S/C6H10N2O/c1-5(9)6-7-3-4-8(6)2/h3-5,9H,1-2H3/t5-/m0/s1. The third-order valence-corrected chi connectivity index (χ3v) is 1.23. The summed E-state index contributed by atoms with van der Waals surface area (Å²) in [5, 5.41) is 9.01. The minimum atomic E-state index is -0.468. The summed E-state index contributed by atoms with van der Waals surface area (Å²) in [5.74, 6) is 0.704. The lowest BCUT2D eigenvalue weighted by Gasteiger charge is -2.01. The molecule has 0 saturated carbocycles. The van der Waals surface area contributed by atoms with E-state index in [9.17, 15) is 0 Å². The number of aryl methyl sites for hydroxylation is 1. The molecule has 0 bridgehead atoms. The molecule has 0 amide bonds. The summed E-state index contributed by atoms with van der Waals surface area (Å²) in [4.78, 5) is 3.93. The van der Waals surface area contributed by atoms with Crippen molar-refractivity contribution in [3.8, 4) is 0 Å². The molecule has 0 aliphatic rings. The lowest BCUT2D eigenvalue weighted by Crippen LogP contribution is -2.00. The number of rotatable bonds is 1. The van der Waals surface area contributed by atoms with E-state index in [0.29, 0.717) is 5.82 Å². The van der Waals surface area contributed by atoms with E-state index >= 15 is 0 Å². The summed E-state index contributed by atoms with van der Waals surface area (Å²) in [7, 11) is 1.86. The van der Waals surface area contributed by atoms with Crippen LogP contribution < -0.4 is 0 Å². The van der Waals surface area contributed by atoms with Crippen molar-refractivity contribution in [3.63, 3.8) is 0 Å². The summed E-state index contributed by atoms with van der Waals surface area (Å²) in [6.07, 6.45) is 3.01. The maximum atomic E-state index is 9.01. The van der Waals surface area contributed by atoms with E-state index < -0.39 is 6.10 Å². The van der Waals surface area contributed by atoms with Crippen LogP contribution >= 0.6 is 0 Å². The van der Waals surface area contributed by atoms with E-state index in [0.717, 1.165) is 0 Å². The normalized spacial score (nSPS) is 13.7. The second-order valence-electron chi connectivity index (χ2n) is 2.07. The summed E-state index contributed by atoms with van der Waals surface area (Å²) < 4.78 is 1.80. The Labute approximate surface area is 54.0 Å². The summed E-state index contributed by atoms with van der Waals surface area (Å²) >= 11 is 0. The molecule has 1 N–H and O–H groups in total. The first kappa shape index (κ1) is 6.29. The molecule has 0 radical (unpaired) electrons. The fourth-order valence-electron chi connectivity index (χ4n) is 0.780. The predicted octanol–water partition coefficient (Wildman–Crippen LogP) is 0.473. The van der Waals surface area contributed by atoms with Gasteiger partial charge in [-0.3, -0.25) is 0 Å². The average Bonchev–Trinajstić information content (AvgIpc) is 2.13. The van der Waals surface area contributed by atoms with Crippen molar-refractivity contribution >= 4 is 0 Å². The monoisotopic (exact) mass is 126 g/mol. The van der Waals surface area contributed by atoms with Crippen LogP contribution in [0, 0.1) is 0 Å². The van der Waals surface area contributed by atoms with E-state index in [1.807, 2.05) is 13.2 Å². The second kappa shape index (κ2) is 2.19. The lowest BCUT2D eigenvalue weighted by atomic mass is 10.4.